The minimum Gasteiger partial charge on any atom is -0.481 e. The third-order valence-electron chi connectivity index (χ3n) is 4.99. The van der Waals surface area contributed by atoms with E-state index in [0.717, 1.165) is 18.8 Å². The highest BCUT2D eigenvalue weighted by Gasteiger charge is 2.45. The fourth-order valence-corrected chi connectivity index (χ4v) is 3.82. The molecule has 0 aromatic rings. The number of hydrogen-bond acceptors (Lipinski definition) is 2. The van der Waals surface area contributed by atoms with Gasteiger partial charge in [0.25, 0.3) is 0 Å². The Morgan fingerprint density at radius 2 is 1.76 bits per heavy atom. The number of nitrogens with one attached hydrogen (secondary N) is 1. The van der Waals surface area contributed by atoms with Crippen molar-refractivity contribution in [2.45, 2.75) is 44.6 Å². The lowest BCUT2D eigenvalue weighted by Crippen LogP contribution is -2.48. The zero-order valence-corrected chi connectivity index (χ0v) is 9.89. The molecule has 0 aliphatic heterocycles. The molecule has 2 N–H and O–H groups in total. The summed E-state index contributed by atoms with van der Waals surface area (Å²) in [4.78, 5) is 22.9. The van der Waals surface area contributed by atoms with Crippen molar-refractivity contribution < 1.29 is 14.7 Å². The van der Waals surface area contributed by atoms with Gasteiger partial charge in [0, 0.05) is 6.04 Å². The van der Waals surface area contributed by atoms with Crippen LogP contribution < -0.4 is 5.32 Å². The van der Waals surface area contributed by atoms with Gasteiger partial charge in [-0.2, -0.15) is 0 Å². The van der Waals surface area contributed by atoms with Crippen LogP contribution in [0.25, 0.3) is 0 Å². The van der Waals surface area contributed by atoms with Crippen molar-refractivity contribution >= 4 is 11.9 Å². The van der Waals surface area contributed by atoms with Gasteiger partial charge in [-0.15, -0.1) is 0 Å². The van der Waals surface area contributed by atoms with Crippen LogP contribution in [0, 0.1) is 23.7 Å². The second-order valence-electron chi connectivity index (χ2n) is 5.92. The molecule has 94 valence electrons. The fourth-order valence-electron chi connectivity index (χ4n) is 3.82. The average molecular weight is 237 g/mol. The Hall–Kier alpha value is -1.06. The molecule has 3 aliphatic carbocycles. The van der Waals surface area contributed by atoms with Crippen molar-refractivity contribution in [1.82, 2.24) is 5.32 Å². The SMILES string of the molecule is O=C(O)C1CCC1C(=O)NC1CC2CCC1C2. The minimum absolute atomic E-state index is 0.0128. The number of fused-ring (bicyclic) bond motifs is 2. The first-order valence-corrected chi connectivity index (χ1v) is 6.68. The standard InChI is InChI=1S/C13H19NO3/c15-12(9-3-4-10(9)13(16)17)14-11-6-7-1-2-8(11)5-7/h7-11H,1-6H2,(H,14,15)(H,16,17). The van der Waals surface area contributed by atoms with Gasteiger partial charge in [-0.3, -0.25) is 9.59 Å². The highest BCUT2D eigenvalue weighted by atomic mass is 16.4. The summed E-state index contributed by atoms with van der Waals surface area (Å²) < 4.78 is 0. The molecule has 17 heavy (non-hydrogen) atoms. The number of carboxylic acids is 1. The van der Waals surface area contributed by atoms with E-state index in [0.29, 0.717) is 18.4 Å². The van der Waals surface area contributed by atoms with Crippen molar-refractivity contribution in [3.05, 3.63) is 0 Å². The zero-order valence-electron chi connectivity index (χ0n) is 9.89. The van der Waals surface area contributed by atoms with Gasteiger partial charge in [0.1, 0.15) is 0 Å². The second kappa shape index (κ2) is 4.00. The van der Waals surface area contributed by atoms with E-state index < -0.39 is 11.9 Å². The smallest absolute Gasteiger partial charge is 0.307 e. The van der Waals surface area contributed by atoms with E-state index in [4.69, 9.17) is 5.11 Å². The number of carbonyl (C=O) groups is 2. The monoisotopic (exact) mass is 237 g/mol. The molecule has 0 aromatic heterocycles. The third-order valence-corrected chi connectivity index (χ3v) is 4.99. The Labute approximate surface area is 101 Å². The van der Waals surface area contributed by atoms with Gasteiger partial charge in [-0.25, -0.2) is 0 Å². The van der Waals surface area contributed by atoms with Crippen molar-refractivity contribution in [1.29, 1.82) is 0 Å². The lowest BCUT2D eigenvalue weighted by Gasteiger charge is -2.34. The Balaban J connectivity index is 1.55. The molecular weight excluding hydrogens is 218 g/mol. The summed E-state index contributed by atoms with van der Waals surface area (Å²) >= 11 is 0. The molecule has 0 radical (unpaired) electrons. The van der Waals surface area contributed by atoms with Gasteiger partial charge >= 0.3 is 5.97 Å². The summed E-state index contributed by atoms with van der Waals surface area (Å²) in [5.41, 5.74) is 0. The second-order valence-corrected chi connectivity index (χ2v) is 5.92. The van der Waals surface area contributed by atoms with Gasteiger partial charge < -0.3 is 10.4 Å². The van der Waals surface area contributed by atoms with Crippen LogP contribution in [0.15, 0.2) is 0 Å². The highest BCUT2D eigenvalue weighted by molar-refractivity contribution is 5.86. The molecule has 0 saturated heterocycles. The normalized spacial score (nSPS) is 43.2. The summed E-state index contributed by atoms with van der Waals surface area (Å²) in [5.74, 6) is -0.0694. The molecule has 0 spiro atoms. The van der Waals surface area contributed by atoms with Gasteiger partial charge in [-0.05, 0) is 43.9 Å². The first-order chi connectivity index (χ1) is 8.15. The molecule has 3 saturated carbocycles. The maximum absolute atomic E-state index is 12.0. The molecule has 4 nitrogen and oxygen atoms in total. The van der Waals surface area contributed by atoms with Crippen LogP contribution in [0.4, 0.5) is 0 Å². The molecule has 5 atom stereocenters. The van der Waals surface area contributed by atoms with Gasteiger partial charge in [0.2, 0.25) is 5.91 Å². The van der Waals surface area contributed by atoms with Crippen LogP contribution in [-0.2, 0) is 9.59 Å². The van der Waals surface area contributed by atoms with Crippen LogP contribution in [0.3, 0.4) is 0 Å². The van der Waals surface area contributed by atoms with E-state index in [1.165, 1.54) is 19.3 Å². The number of carboxylic acid groups (broad SMARTS) is 1. The third kappa shape index (κ3) is 1.83. The lowest BCUT2D eigenvalue weighted by molar-refractivity contribution is -0.153. The molecule has 3 fully saturated rings. The van der Waals surface area contributed by atoms with Crippen LogP contribution >= 0.6 is 0 Å². The molecule has 1 amide bonds. The van der Waals surface area contributed by atoms with Crippen LogP contribution in [-0.4, -0.2) is 23.0 Å². The summed E-state index contributed by atoms with van der Waals surface area (Å²) in [6.45, 7) is 0. The van der Waals surface area contributed by atoms with E-state index in [-0.39, 0.29) is 11.8 Å². The molecule has 2 bridgehead atoms. The predicted molar refractivity (Wildman–Crippen MR) is 61.2 cm³/mol. The van der Waals surface area contributed by atoms with E-state index in [9.17, 15) is 9.59 Å². The number of aliphatic carboxylic acids is 1. The maximum Gasteiger partial charge on any atom is 0.307 e. The summed E-state index contributed by atoms with van der Waals surface area (Å²) in [7, 11) is 0. The average Bonchev–Trinajstić information content (AvgIpc) is 2.75. The topological polar surface area (TPSA) is 66.4 Å². The van der Waals surface area contributed by atoms with E-state index >= 15 is 0 Å². The largest absolute Gasteiger partial charge is 0.481 e. The highest BCUT2D eigenvalue weighted by Crippen LogP contribution is 2.45. The van der Waals surface area contributed by atoms with Gasteiger partial charge in [-0.1, -0.05) is 6.42 Å². The maximum atomic E-state index is 12.0. The molecular formula is C13H19NO3. The van der Waals surface area contributed by atoms with Gasteiger partial charge in [0.05, 0.1) is 11.8 Å². The van der Waals surface area contributed by atoms with E-state index in [1.54, 1.807) is 0 Å². The molecule has 0 aromatic carbocycles. The Morgan fingerprint density at radius 3 is 2.24 bits per heavy atom. The van der Waals surface area contributed by atoms with E-state index in [1.807, 2.05) is 0 Å². The van der Waals surface area contributed by atoms with Gasteiger partial charge in [0.15, 0.2) is 0 Å². The minimum atomic E-state index is -0.815. The molecule has 3 rings (SSSR count). The number of hydrogen-bond donors (Lipinski definition) is 2. The van der Waals surface area contributed by atoms with Crippen molar-refractivity contribution in [2.75, 3.05) is 0 Å². The Kier molecular flexibility index (Phi) is 2.60. The van der Waals surface area contributed by atoms with Crippen LogP contribution in [0.5, 0.6) is 0 Å². The summed E-state index contributed by atoms with van der Waals surface area (Å²) in [6, 6.07) is 0.330. The fraction of sp³-hybridized carbons (Fsp3) is 0.846. The molecule has 4 heteroatoms. The van der Waals surface area contributed by atoms with Crippen molar-refractivity contribution in [3.8, 4) is 0 Å². The Bertz CT molecular complexity index is 355. The summed E-state index contributed by atoms with van der Waals surface area (Å²) in [5, 5.41) is 12.0. The van der Waals surface area contributed by atoms with Crippen LogP contribution in [0.2, 0.25) is 0 Å². The summed E-state index contributed by atoms with van der Waals surface area (Å²) in [6.07, 6.45) is 6.33. The molecule has 0 heterocycles. The lowest BCUT2D eigenvalue weighted by atomic mass is 9.73. The zero-order chi connectivity index (χ0) is 12.0. The van der Waals surface area contributed by atoms with Crippen molar-refractivity contribution in [2.24, 2.45) is 23.7 Å². The Morgan fingerprint density at radius 1 is 1.00 bits per heavy atom. The van der Waals surface area contributed by atoms with Crippen LogP contribution in [0.1, 0.15) is 38.5 Å². The number of amides is 1. The number of carbonyl (C=O) groups excluding carboxylic acids is 1. The molecule has 3 aliphatic rings. The quantitative estimate of drug-likeness (QED) is 0.779. The number of rotatable bonds is 3. The first kappa shape index (κ1) is 11.1. The van der Waals surface area contributed by atoms with Crippen molar-refractivity contribution in [3.63, 3.8) is 0 Å². The predicted octanol–water partition coefficient (Wildman–Crippen LogP) is 1.40. The first-order valence-electron chi connectivity index (χ1n) is 6.68. The van der Waals surface area contributed by atoms with E-state index in [2.05, 4.69) is 5.32 Å². The molecule has 5 unspecified atom stereocenters.